The van der Waals surface area contributed by atoms with Crippen LogP contribution in [0.2, 0.25) is 0 Å². The van der Waals surface area contributed by atoms with Crippen LogP contribution in [0.5, 0.6) is 0 Å². The Balaban J connectivity index is 1.89. The maximum atomic E-state index is 12.5. The van der Waals surface area contributed by atoms with Crippen LogP contribution in [0.1, 0.15) is 36.5 Å². The van der Waals surface area contributed by atoms with Crippen LogP contribution >= 0.6 is 23.5 Å². The Bertz CT molecular complexity index is 858. The summed E-state index contributed by atoms with van der Waals surface area (Å²) in [5.41, 5.74) is 9.68. The maximum Gasteiger partial charge on any atom is 0.293 e. The minimum atomic E-state index is -0.462. The molecule has 2 aromatic rings. The SMILES string of the molecule is CC/C(C)=N/NC(=O)c1nnn(-c2nonc2N)c1CSC1=NCCS1. The predicted molar refractivity (Wildman–Crippen MR) is 101 cm³/mol. The molecular formula is C13H17N9O2S2. The van der Waals surface area contributed by atoms with E-state index in [0.29, 0.717) is 11.4 Å². The summed E-state index contributed by atoms with van der Waals surface area (Å²) >= 11 is 3.17. The van der Waals surface area contributed by atoms with E-state index in [2.05, 4.69) is 40.8 Å². The van der Waals surface area contributed by atoms with Crippen molar-refractivity contribution < 1.29 is 9.42 Å². The third-order valence-corrected chi connectivity index (χ3v) is 5.69. The number of aliphatic imine (C=N–C) groups is 1. The van der Waals surface area contributed by atoms with E-state index in [4.69, 9.17) is 5.73 Å². The quantitative estimate of drug-likeness (QED) is 0.541. The molecule has 0 unspecified atom stereocenters. The van der Waals surface area contributed by atoms with Crippen molar-refractivity contribution >= 4 is 45.3 Å². The fraction of sp³-hybridized carbons (Fsp3) is 0.462. The molecule has 26 heavy (non-hydrogen) atoms. The monoisotopic (exact) mass is 395 g/mol. The molecule has 0 atom stereocenters. The van der Waals surface area contributed by atoms with Crippen molar-refractivity contribution in [2.24, 2.45) is 10.1 Å². The van der Waals surface area contributed by atoms with Gasteiger partial charge in [0.2, 0.25) is 11.6 Å². The molecule has 0 aromatic carbocycles. The van der Waals surface area contributed by atoms with Crippen LogP contribution < -0.4 is 11.2 Å². The summed E-state index contributed by atoms with van der Waals surface area (Å²) in [5.74, 6) is 1.14. The molecule has 0 radical (unpaired) electrons. The zero-order valence-electron chi connectivity index (χ0n) is 14.2. The average Bonchev–Trinajstić information content (AvgIpc) is 3.37. The molecule has 0 spiro atoms. The molecule has 11 nitrogen and oxygen atoms in total. The number of hydrazone groups is 1. The van der Waals surface area contributed by atoms with Gasteiger partial charge in [0.25, 0.3) is 5.91 Å². The Morgan fingerprint density at radius 2 is 2.35 bits per heavy atom. The molecule has 13 heteroatoms. The predicted octanol–water partition coefficient (Wildman–Crippen LogP) is 1.08. The molecule has 3 heterocycles. The second kappa shape index (κ2) is 8.31. The van der Waals surface area contributed by atoms with Gasteiger partial charge in [-0.1, -0.05) is 35.7 Å². The van der Waals surface area contributed by atoms with Gasteiger partial charge in [0.15, 0.2) is 5.69 Å². The van der Waals surface area contributed by atoms with Gasteiger partial charge in [0.1, 0.15) is 4.38 Å². The Morgan fingerprint density at radius 1 is 1.50 bits per heavy atom. The summed E-state index contributed by atoms with van der Waals surface area (Å²) < 4.78 is 6.93. The molecule has 3 N–H and O–H groups in total. The van der Waals surface area contributed by atoms with Gasteiger partial charge in [-0.25, -0.2) is 10.1 Å². The highest BCUT2D eigenvalue weighted by Crippen LogP contribution is 2.27. The molecule has 2 aromatic heterocycles. The lowest BCUT2D eigenvalue weighted by molar-refractivity contribution is 0.0949. The molecule has 0 saturated carbocycles. The zero-order valence-corrected chi connectivity index (χ0v) is 15.8. The molecule has 138 valence electrons. The van der Waals surface area contributed by atoms with Crippen molar-refractivity contribution in [1.29, 1.82) is 0 Å². The number of amides is 1. The van der Waals surface area contributed by atoms with Gasteiger partial charge in [0, 0.05) is 17.2 Å². The van der Waals surface area contributed by atoms with Gasteiger partial charge in [-0.05, 0) is 23.7 Å². The second-order valence-corrected chi connectivity index (χ2v) is 7.50. The van der Waals surface area contributed by atoms with Crippen LogP contribution in [0.3, 0.4) is 0 Å². The van der Waals surface area contributed by atoms with E-state index in [9.17, 15) is 4.79 Å². The first kappa shape index (κ1) is 18.4. The number of aromatic nitrogens is 5. The van der Waals surface area contributed by atoms with E-state index in [1.807, 2.05) is 13.8 Å². The number of rotatable bonds is 6. The van der Waals surface area contributed by atoms with Gasteiger partial charge >= 0.3 is 0 Å². The molecule has 1 aliphatic rings. The molecule has 1 amide bonds. The number of nitrogens with zero attached hydrogens (tertiary/aromatic N) is 7. The van der Waals surface area contributed by atoms with Crippen molar-refractivity contribution in [3.05, 3.63) is 11.4 Å². The van der Waals surface area contributed by atoms with E-state index in [1.165, 1.54) is 16.4 Å². The third-order valence-electron chi connectivity index (χ3n) is 3.42. The Labute approximate surface area is 157 Å². The third kappa shape index (κ3) is 4.04. The number of hydrogen-bond donors (Lipinski definition) is 2. The van der Waals surface area contributed by atoms with Gasteiger partial charge < -0.3 is 5.73 Å². The molecule has 0 fully saturated rings. The highest BCUT2D eigenvalue weighted by atomic mass is 32.2. The summed E-state index contributed by atoms with van der Waals surface area (Å²) in [4.78, 5) is 16.9. The molecule has 3 rings (SSSR count). The highest BCUT2D eigenvalue weighted by molar-refractivity contribution is 8.38. The van der Waals surface area contributed by atoms with E-state index >= 15 is 0 Å². The number of carbonyl (C=O) groups excluding carboxylic acids is 1. The highest BCUT2D eigenvalue weighted by Gasteiger charge is 2.24. The Hall–Kier alpha value is -2.41. The van der Waals surface area contributed by atoms with Gasteiger partial charge in [-0.15, -0.1) is 5.10 Å². The summed E-state index contributed by atoms with van der Waals surface area (Å²) in [6, 6.07) is 0. The first-order chi connectivity index (χ1) is 12.6. The first-order valence-corrected chi connectivity index (χ1v) is 9.73. The summed E-state index contributed by atoms with van der Waals surface area (Å²) in [6.07, 6.45) is 0.730. The van der Waals surface area contributed by atoms with Crippen LogP contribution in [0.15, 0.2) is 14.7 Å². The van der Waals surface area contributed by atoms with Crippen LogP contribution in [-0.4, -0.2) is 53.6 Å². The smallest absolute Gasteiger partial charge is 0.293 e. The zero-order chi connectivity index (χ0) is 18.5. The summed E-state index contributed by atoms with van der Waals surface area (Å²) in [5, 5.41) is 19.3. The van der Waals surface area contributed by atoms with Crippen LogP contribution in [0.25, 0.3) is 5.82 Å². The van der Waals surface area contributed by atoms with Crippen LogP contribution in [-0.2, 0) is 5.75 Å². The lowest BCUT2D eigenvalue weighted by Gasteiger charge is -2.05. The number of nitrogens with two attached hydrogens (primary N) is 1. The number of hydrogen-bond acceptors (Lipinski definition) is 11. The lowest BCUT2D eigenvalue weighted by Crippen LogP contribution is -2.21. The largest absolute Gasteiger partial charge is 0.378 e. The topological polar surface area (TPSA) is 149 Å². The normalized spacial score (nSPS) is 14.5. The second-order valence-electron chi connectivity index (χ2n) is 5.20. The molecule has 0 aliphatic carbocycles. The number of anilines is 1. The van der Waals surface area contributed by atoms with Gasteiger partial charge in [-0.3, -0.25) is 9.79 Å². The van der Waals surface area contributed by atoms with Crippen LogP contribution in [0.4, 0.5) is 5.82 Å². The van der Waals surface area contributed by atoms with Gasteiger partial charge in [0.05, 0.1) is 12.2 Å². The number of nitrogens with one attached hydrogen (secondary N) is 1. The fourth-order valence-corrected chi connectivity index (χ4v) is 3.93. The maximum absolute atomic E-state index is 12.5. The average molecular weight is 395 g/mol. The minimum absolute atomic E-state index is 0.0561. The number of thioether (sulfide) groups is 2. The molecular weight excluding hydrogens is 378 g/mol. The van der Waals surface area contributed by atoms with Crippen molar-refractivity contribution in [3.8, 4) is 5.82 Å². The lowest BCUT2D eigenvalue weighted by atomic mass is 10.3. The van der Waals surface area contributed by atoms with Gasteiger partial charge in [-0.2, -0.15) is 9.78 Å². The van der Waals surface area contributed by atoms with E-state index < -0.39 is 5.91 Å². The van der Waals surface area contributed by atoms with Crippen molar-refractivity contribution in [1.82, 2.24) is 30.7 Å². The summed E-state index contributed by atoms with van der Waals surface area (Å²) in [6.45, 7) is 4.57. The fourth-order valence-electron chi connectivity index (χ4n) is 1.93. The Kier molecular flexibility index (Phi) is 5.88. The summed E-state index contributed by atoms with van der Waals surface area (Å²) in [7, 11) is 0. The minimum Gasteiger partial charge on any atom is -0.378 e. The van der Waals surface area contributed by atoms with E-state index in [0.717, 1.165) is 28.8 Å². The molecule has 0 saturated heterocycles. The number of nitrogen functional groups attached to an aromatic ring is 1. The Morgan fingerprint density at radius 3 is 3.00 bits per heavy atom. The molecule has 1 aliphatic heterocycles. The first-order valence-electron chi connectivity index (χ1n) is 7.76. The van der Waals surface area contributed by atoms with E-state index in [-0.39, 0.29) is 17.3 Å². The van der Waals surface area contributed by atoms with Crippen molar-refractivity contribution in [3.63, 3.8) is 0 Å². The van der Waals surface area contributed by atoms with E-state index in [1.54, 1.807) is 11.8 Å². The van der Waals surface area contributed by atoms with Crippen molar-refractivity contribution in [2.75, 3.05) is 18.0 Å². The van der Waals surface area contributed by atoms with Crippen LogP contribution in [0, 0.1) is 0 Å². The van der Waals surface area contributed by atoms with Crippen molar-refractivity contribution in [2.45, 2.75) is 26.0 Å². The standard InChI is InChI=1S/C13H17N9O2S2/c1-3-7(2)16-18-12(23)9-8(6-26-13-15-4-5-25-13)22(21-17-9)11-10(14)19-24-20-11/h3-6H2,1-2H3,(H2,14,19)(H,18,23)/b16-7+. The number of carbonyl (C=O) groups is 1. The molecule has 0 bridgehead atoms.